The van der Waals surface area contributed by atoms with Crippen LogP contribution in [0.1, 0.15) is 43.3 Å². The summed E-state index contributed by atoms with van der Waals surface area (Å²) in [6.07, 6.45) is -1.21. The van der Waals surface area contributed by atoms with Gasteiger partial charge in [0.1, 0.15) is 0 Å². The van der Waals surface area contributed by atoms with Gasteiger partial charge in [-0.3, -0.25) is 0 Å². The van der Waals surface area contributed by atoms with Crippen molar-refractivity contribution in [3.63, 3.8) is 0 Å². The van der Waals surface area contributed by atoms with Gasteiger partial charge in [-0.15, -0.1) is 5.10 Å². The SMILES string of the molecule is O=S(=O)(CCC(F)(F)F)N1CCC(n2cc(C3CC3)nn2)C1. The van der Waals surface area contributed by atoms with Gasteiger partial charge in [-0.1, -0.05) is 5.21 Å². The minimum atomic E-state index is -4.46. The maximum atomic E-state index is 12.2. The van der Waals surface area contributed by atoms with Gasteiger partial charge in [-0.2, -0.15) is 17.5 Å². The van der Waals surface area contributed by atoms with E-state index in [2.05, 4.69) is 10.3 Å². The standard InChI is InChI=1S/C12H17F3N4O2S/c13-12(14,15)4-6-22(20,21)18-5-3-10(7-18)19-8-11(16-17-19)9-1-2-9/h8-10H,1-7H2. The smallest absolute Gasteiger partial charge is 0.248 e. The highest BCUT2D eigenvalue weighted by atomic mass is 32.2. The molecule has 1 aliphatic carbocycles. The summed E-state index contributed by atoms with van der Waals surface area (Å²) >= 11 is 0. The van der Waals surface area contributed by atoms with E-state index in [0.717, 1.165) is 22.8 Å². The summed E-state index contributed by atoms with van der Waals surface area (Å²) in [7, 11) is -3.88. The van der Waals surface area contributed by atoms with E-state index in [1.165, 1.54) is 0 Å². The summed E-state index contributed by atoms with van der Waals surface area (Å²) in [4.78, 5) is 0. The average Bonchev–Trinajstić information content (AvgIpc) is 2.97. The number of rotatable bonds is 5. The zero-order valence-corrected chi connectivity index (χ0v) is 12.6. The molecule has 3 rings (SSSR count). The Morgan fingerprint density at radius 2 is 2.00 bits per heavy atom. The molecule has 1 unspecified atom stereocenters. The maximum absolute atomic E-state index is 12.2. The van der Waals surface area contributed by atoms with Gasteiger partial charge in [0.05, 0.1) is 23.9 Å². The molecule has 1 saturated heterocycles. The van der Waals surface area contributed by atoms with Crippen LogP contribution in [0.25, 0.3) is 0 Å². The zero-order chi connectivity index (χ0) is 16.0. The Labute approximate surface area is 126 Å². The van der Waals surface area contributed by atoms with Crippen LogP contribution in [-0.4, -0.2) is 52.7 Å². The quantitative estimate of drug-likeness (QED) is 0.819. The van der Waals surface area contributed by atoms with E-state index in [0.29, 0.717) is 12.3 Å². The van der Waals surface area contributed by atoms with Crippen molar-refractivity contribution in [1.29, 1.82) is 0 Å². The summed E-state index contributed by atoms with van der Waals surface area (Å²) in [6.45, 7) is 0.386. The Morgan fingerprint density at radius 1 is 1.27 bits per heavy atom. The molecule has 0 spiro atoms. The fraction of sp³-hybridized carbons (Fsp3) is 0.833. The molecule has 1 aliphatic heterocycles. The fourth-order valence-corrected chi connectivity index (χ4v) is 4.12. The third-order valence-electron chi connectivity index (χ3n) is 4.06. The van der Waals surface area contributed by atoms with Crippen LogP contribution in [0.4, 0.5) is 13.2 Å². The van der Waals surface area contributed by atoms with Gasteiger partial charge in [-0.25, -0.2) is 13.1 Å². The molecule has 2 fully saturated rings. The highest BCUT2D eigenvalue weighted by Gasteiger charge is 2.37. The third kappa shape index (κ3) is 3.60. The molecule has 1 atom stereocenters. The van der Waals surface area contributed by atoms with E-state index < -0.39 is 28.4 Å². The first-order valence-electron chi connectivity index (χ1n) is 7.21. The molecule has 1 aromatic rings. The largest absolute Gasteiger partial charge is 0.390 e. The lowest BCUT2D eigenvalue weighted by Crippen LogP contribution is -2.33. The Morgan fingerprint density at radius 3 is 2.64 bits per heavy atom. The van der Waals surface area contributed by atoms with Gasteiger partial charge in [0.25, 0.3) is 0 Å². The number of aromatic nitrogens is 3. The average molecular weight is 338 g/mol. The lowest BCUT2D eigenvalue weighted by atomic mass is 10.2. The van der Waals surface area contributed by atoms with E-state index in [1.807, 2.05) is 6.20 Å². The van der Waals surface area contributed by atoms with Crippen LogP contribution in [0.3, 0.4) is 0 Å². The Balaban J connectivity index is 1.61. The molecule has 1 saturated carbocycles. The molecule has 10 heteroatoms. The molecule has 0 N–H and O–H groups in total. The van der Waals surface area contributed by atoms with Crippen LogP contribution in [-0.2, 0) is 10.0 Å². The Kier molecular flexibility index (Phi) is 3.92. The molecular weight excluding hydrogens is 321 g/mol. The molecule has 0 bridgehead atoms. The fourth-order valence-electron chi connectivity index (χ4n) is 2.59. The molecule has 1 aromatic heterocycles. The van der Waals surface area contributed by atoms with Crippen LogP contribution in [0.2, 0.25) is 0 Å². The number of hydrogen-bond acceptors (Lipinski definition) is 4. The van der Waals surface area contributed by atoms with Gasteiger partial charge >= 0.3 is 6.18 Å². The van der Waals surface area contributed by atoms with E-state index in [-0.39, 0.29) is 19.1 Å². The number of nitrogens with zero attached hydrogens (tertiary/aromatic N) is 4. The van der Waals surface area contributed by atoms with Crippen molar-refractivity contribution < 1.29 is 21.6 Å². The molecule has 0 radical (unpaired) electrons. The van der Waals surface area contributed by atoms with Crippen LogP contribution >= 0.6 is 0 Å². The van der Waals surface area contributed by atoms with Crippen molar-refractivity contribution in [2.24, 2.45) is 0 Å². The summed E-state index contributed by atoms with van der Waals surface area (Å²) in [5.41, 5.74) is 0.915. The van der Waals surface area contributed by atoms with Gasteiger partial charge < -0.3 is 0 Å². The molecule has 124 valence electrons. The molecule has 0 aromatic carbocycles. The van der Waals surface area contributed by atoms with Crippen molar-refractivity contribution in [3.8, 4) is 0 Å². The van der Waals surface area contributed by atoms with Crippen LogP contribution in [0, 0.1) is 0 Å². The monoisotopic (exact) mass is 338 g/mol. The van der Waals surface area contributed by atoms with Crippen molar-refractivity contribution in [2.75, 3.05) is 18.8 Å². The second kappa shape index (κ2) is 5.48. The van der Waals surface area contributed by atoms with E-state index in [9.17, 15) is 21.6 Å². The predicted octanol–water partition coefficient (Wildman–Crippen LogP) is 1.68. The van der Waals surface area contributed by atoms with Crippen molar-refractivity contribution in [1.82, 2.24) is 19.3 Å². The topological polar surface area (TPSA) is 68.1 Å². The van der Waals surface area contributed by atoms with Crippen molar-refractivity contribution in [3.05, 3.63) is 11.9 Å². The number of hydrogen-bond donors (Lipinski definition) is 0. The summed E-state index contributed by atoms with van der Waals surface area (Å²) in [5, 5.41) is 8.10. The first kappa shape index (κ1) is 15.7. The highest BCUT2D eigenvalue weighted by molar-refractivity contribution is 7.89. The van der Waals surface area contributed by atoms with Gasteiger partial charge in [0, 0.05) is 25.2 Å². The van der Waals surface area contributed by atoms with Gasteiger partial charge in [-0.05, 0) is 19.3 Å². The first-order valence-corrected chi connectivity index (χ1v) is 8.82. The summed E-state index contributed by atoms with van der Waals surface area (Å²) < 4.78 is 63.3. The number of alkyl halides is 3. The number of halogens is 3. The molecular formula is C12H17F3N4O2S. The molecule has 22 heavy (non-hydrogen) atoms. The normalized spacial score (nSPS) is 24.0. The number of sulfonamides is 1. The van der Waals surface area contributed by atoms with Crippen LogP contribution in [0.5, 0.6) is 0 Å². The van der Waals surface area contributed by atoms with Crippen molar-refractivity contribution in [2.45, 2.75) is 43.8 Å². The lowest BCUT2D eigenvalue weighted by molar-refractivity contribution is -0.130. The van der Waals surface area contributed by atoms with Crippen LogP contribution in [0.15, 0.2) is 6.20 Å². The van der Waals surface area contributed by atoms with E-state index in [1.54, 1.807) is 4.68 Å². The molecule has 2 heterocycles. The second-order valence-corrected chi connectivity index (χ2v) is 7.97. The third-order valence-corrected chi connectivity index (χ3v) is 5.90. The summed E-state index contributed by atoms with van der Waals surface area (Å²) in [6, 6.07) is -0.152. The van der Waals surface area contributed by atoms with E-state index in [4.69, 9.17) is 0 Å². The lowest BCUT2D eigenvalue weighted by Gasteiger charge is -2.17. The van der Waals surface area contributed by atoms with Gasteiger partial charge in [0.15, 0.2) is 0 Å². The highest BCUT2D eigenvalue weighted by Crippen LogP contribution is 2.39. The van der Waals surface area contributed by atoms with E-state index >= 15 is 0 Å². The minimum Gasteiger partial charge on any atom is -0.248 e. The van der Waals surface area contributed by atoms with Crippen LogP contribution < -0.4 is 0 Å². The van der Waals surface area contributed by atoms with Gasteiger partial charge in [0.2, 0.25) is 10.0 Å². The maximum Gasteiger partial charge on any atom is 0.390 e. The Bertz CT molecular complexity index is 639. The minimum absolute atomic E-state index is 0.152. The Hall–Kier alpha value is -1.16. The molecule has 2 aliphatic rings. The zero-order valence-electron chi connectivity index (χ0n) is 11.8. The molecule has 0 amide bonds. The second-order valence-electron chi connectivity index (χ2n) is 5.88. The first-order chi connectivity index (χ1) is 10.2. The van der Waals surface area contributed by atoms with Crippen molar-refractivity contribution >= 4 is 10.0 Å². The molecule has 6 nitrogen and oxygen atoms in total. The predicted molar refractivity (Wildman–Crippen MR) is 71.7 cm³/mol. The summed E-state index contributed by atoms with van der Waals surface area (Å²) in [5.74, 6) is -0.435.